The summed E-state index contributed by atoms with van der Waals surface area (Å²) in [4.78, 5) is 4.60. The lowest BCUT2D eigenvalue weighted by Gasteiger charge is -2.24. The van der Waals surface area contributed by atoms with E-state index in [1.54, 1.807) is 14.2 Å². The number of ether oxygens (including phenoxy) is 3. The molecule has 0 aromatic heterocycles. The van der Waals surface area contributed by atoms with Crippen molar-refractivity contribution in [2.75, 3.05) is 32.8 Å². The van der Waals surface area contributed by atoms with Crippen LogP contribution in [0.15, 0.2) is 35.3 Å². The second kappa shape index (κ2) is 7.44. The van der Waals surface area contributed by atoms with Crippen LogP contribution in [-0.2, 0) is 0 Å². The molecule has 0 radical (unpaired) electrons. The third-order valence-electron chi connectivity index (χ3n) is 4.08. The standard InChI is InChI=1S/C19H22N2O4/c1-12-8-13(4-5-17(12)25-7-6-22)19-20-11-15-16(21-19)9-14(23-2)10-18(15)24-3/h4-5,8-11,19,21-22H,6-7H2,1-3H3. The molecule has 2 aromatic carbocycles. The minimum absolute atomic E-state index is 0.00385. The van der Waals surface area contributed by atoms with Crippen molar-refractivity contribution in [2.45, 2.75) is 13.1 Å². The van der Waals surface area contributed by atoms with Gasteiger partial charge >= 0.3 is 0 Å². The smallest absolute Gasteiger partial charge is 0.144 e. The molecule has 1 aliphatic heterocycles. The Balaban J connectivity index is 1.87. The summed E-state index contributed by atoms with van der Waals surface area (Å²) >= 11 is 0. The van der Waals surface area contributed by atoms with Crippen LogP contribution in [-0.4, -0.2) is 38.8 Å². The van der Waals surface area contributed by atoms with Crippen LogP contribution in [0.4, 0.5) is 5.69 Å². The number of rotatable bonds is 6. The Morgan fingerprint density at radius 3 is 2.64 bits per heavy atom. The second-order valence-corrected chi connectivity index (χ2v) is 5.71. The Kier molecular flexibility index (Phi) is 5.09. The van der Waals surface area contributed by atoms with Gasteiger partial charge < -0.3 is 24.6 Å². The maximum Gasteiger partial charge on any atom is 0.144 e. The van der Waals surface area contributed by atoms with Gasteiger partial charge in [-0.05, 0) is 30.2 Å². The predicted octanol–water partition coefficient (Wildman–Crippen LogP) is 2.93. The normalized spacial score (nSPS) is 15.3. The second-order valence-electron chi connectivity index (χ2n) is 5.71. The maximum absolute atomic E-state index is 8.88. The van der Waals surface area contributed by atoms with Gasteiger partial charge in [-0.3, -0.25) is 4.99 Å². The van der Waals surface area contributed by atoms with Crippen LogP contribution in [0.25, 0.3) is 0 Å². The quantitative estimate of drug-likeness (QED) is 0.844. The van der Waals surface area contributed by atoms with E-state index >= 15 is 0 Å². The average Bonchev–Trinajstić information content (AvgIpc) is 2.65. The molecule has 3 rings (SSSR count). The van der Waals surface area contributed by atoms with Gasteiger partial charge in [0.05, 0.1) is 32.1 Å². The molecule has 2 aromatic rings. The Morgan fingerprint density at radius 1 is 1.12 bits per heavy atom. The first-order valence-electron chi connectivity index (χ1n) is 8.06. The zero-order chi connectivity index (χ0) is 17.8. The van der Waals surface area contributed by atoms with Gasteiger partial charge in [0, 0.05) is 18.3 Å². The van der Waals surface area contributed by atoms with Crippen LogP contribution in [0.2, 0.25) is 0 Å². The predicted molar refractivity (Wildman–Crippen MR) is 97.3 cm³/mol. The Hall–Kier alpha value is -2.73. The third-order valence-corrected chi connectivity index (χ3v) is 4.08. The summed E-state index contributed by atoms with van der Waals surface area (Å²) in [6.07, 6.45) is 1.62. The summed E-state index contributed by atoms with van der Waals surface area (Å²) in [5.74, 6) is 2.20. The van der Waals surface area contributed by atoms with Gasteiger partial charge in [0.15, 0.2) is 0 Å². The molecule has 0 fully saturated rings. The van der Waals surface area contributed by atoms with Crippen molar-refractivity contribution in [1.82, 2.24) is 0 Å². The number of aliphatic imine (C=N–C) groups is 1. The number of methoxy groups -OCH3 is 2. The topological polar surface area (TPSA) is 72.3 Å². The minimum Gasteiger partial charge on any atom is -0.497 e. The molecule has 0 aliphatic carbocycles. The summed E-state index contributed by atoms with van der Waals surface area (Å²) in [7, 11) is 3.26. The number of nitrogens with one attached hydrogen (secondary N) is 1. The molecule has 25 heavy (non-hydrogen) atoms. The number of fused-ring (bicyclic) bond motifs is 1. The van der Waals surface area contributed by atoms with Gasteiger partial charge in [0.2, 0.25) is 0 Å². The number of aryl methyl sites for hydroxylation is 1. The van der Waals surface area contributed by atoms with Crippen molar-refractivity contribution in [3.8, 4) is 17.2 Å². The summed E-state index contributed by atoms with van der Waals surface area (Å²) < 4.78 is 16.3. The highest BCUT2D eigenvalue weighted by Gasteiger charge is 2.20. The molecule has 6 heteroatoms. The first-order valence-corrected chi connectivity index (χ1v) is 8.06. The van der Waals surface area contributed by atoms with Gasteiger partial charge in [-0.2, -0.15) is 0 Å². The number of hydrogen-bond acceptors (Lipinski definition) is 6. The molecule has 6 nitrogen and oxygen atoms in total. The maximum atomic E-state index is 8.88. The zero-order valence-electron chi connectivity index (χ0n) is 14.6. The fourth-order valence-electron chi connectivity index (χ4n) is 2.80. The highest BCUT2D eigenvalue weighted by Crippen LogP contribution is 2.37. The van der Waals surface area contributed by atoms with Gasteiger partial charge in [-0.1, -0.05) is 6.07 Å². The van der Waals surface area contributed by atoms with Crippen molar-refractivity contribution >= 4 is 11.9 Å². The van der Waals surface area contributed by atoms with Crippen LogP contribution in [0, 0.1) is 6.92 Å². The number of hydrogen-bond donors (Lipinski definition) is 2. The molecule has 1 heterocycles. The minimum atomic E-state index is -0.199. The van der Waals surface area contributed by atoms with Crippen LogP contribution < -0.4 is 19.5 Å². The molecule has 132 valence electrons. The van der Waals surface area contributed by atoms with Crippen molar-refractivity contribution in [1.29, 1.82) is 0 Å². The number of aliphatic hydroxyl groups is 1. The largest absolute Gasteiger partial charge is 0.497 e. The van der Waals surface area contributed by atoms with E-state index in [2.05, 4.69) is 10.3 Å². The first-order chi connectivity index (χ1) is 12.2. The lowest BCUT2D eigenvalue weighted by atomic mass is 10.0. The summed E-state index contributed by atoms with van der Waals surface area (Å²) in [5, 5.41) is 12.3. The van der Waals surface area contributed by atoms with E-state index in [0.717, 1.165) is 33.9 Å². The van der Waals surface area contributed by atoms with E-state index in [4.69, 9.17) is 19.3 Å². The van der Waals surface area contributed by atoms with Crippen LogP contribution >= 0.6 is 0 Å². The number of nitrogens with zero attached hydrogens (tertiary/aromatic N) is 1. The molecular formula is C19H22N2O4. The fraction of sp³-hybridized carbons (Fsp3) is 0.316. The number of benzene rings is 2. The molecule has 1 unspecified atom stereocenters. The molecule has 0 spiro atoms. The SMILES string of the molecule is COc1cc2c(c(OC)c1)C=NC(c1ccc(OCCO)c(C)c1)N2. The fourth-order valence-corrected chi connectivity index (χ4v) is 2.80. The molecule has 0 saturated heterocycles. The third kappa shape index (κ3) is 3.53. The Bertz CT molecular complexity index is 789. The molecule has 0 amide bonds. The molecule has 1 atom stereocenters. The van der Waals surface area contributed by atoms with Gasteiger partial charge in [0.1, 0.15) is 30.0 Å². The molecule has 2 N–H and O–H groups in total. The van der Waals surface area contributed by atoms with E-state index in [9.17, 15) is 0 Å². The summed E-state index contributed by atoms with van der Waals surface area (Å²) in [5.41, 5.74) is 3.84. The monoisotopic (exact) mass is 342 g/mol. The highest BCUT2D eigenvalue weighted by molar-refractivity contribution is 5.94. The van der Waals surface area contributed by atoms with E-state index in [1.807, 2.05) is 43.5 Å². The molecule has 0 bridgehead atoms. The van der Waals surface area contributed by atoms with Crippen molar-refractivity contribution in [2.24, 2.45) is 4.99 Å². The average molecular weight is 342 g/mol. The summed E-state index contributed by atoms with van der Waals surface area (Å²) in [6, 6.07) is 9.67. The lowest BCUT2D eigenvalue weighted by molar-refractivity contribution is 0.200. The van der Waals surface area contributed by atoms with Crippen LogP contribution in [0.5, 0.6) is 17.2 Å². The molecular weight excluding hydrogens is 320 g/mol. The van der Waals surface area contributed by atoms with Gasteiger partial charge in [0.25, 0.3) is 0 Å². The van der Waals surface area contributed by atoms with E-state index in [0.29, 0.717) is 5.75 Å². The summed E-state index contributed by atoms with van der Waals surface area (Å²) in [6.45, 7) is 2.26. The van der Waals surface area contributed by atoms with E-state index in [1.165, 1.54) is 0 Å². The first kappa shape index (κ1) is 17.1. The molecule has 1 aliphatic rings. The van der Waals surface area contributed by atoms with Crippen LogP contribution in [0.3, 0.4) is 0 Å². The van der Waals surface area contributed by atoms with Gasteiger partial charge in [-0.15, -0.1) is 0 Å². The van der Waals surface area contributed by atoms with Crippen molar-refractivity contribution in [3.63, 3.8) is 0 Å². The van der Waals surface area contributed by atoms with Crippen molar-refractivity contribution in [3.05, 3.63) is 47.0 Å². The van der Waals surface area contributed by atoms with E-state index < -0.39 is 0 Å². The number of anilines is 1. The molecule has 0 saturated carbocycles. The number of aliphatic hydroxyl groups excluding tert-OH is 1. The van der Waals surface area contributed by atoms with Gasteiger partial charge in [-0.25, -0.2) is 0 Å². The van der Waals surface area contributed by atoms with Crippen LogP contribution in [0.1, 0.15) is 22.9 Å². The highest BCUT2D eigenvalue weighted by atomic mass is 16.5. The van der Waals surface area contributed by atoms with E-state index in [-0.39, 0.29) is 19.4 Å². The zero-order valence-corrected chi connectivity index (χ0v) is 14.6. The van der Waals surface area contributed by atoms with Crippen molar-refractivity contribution < 1.29 is 19.3 Å². The Labute approximate surface area is 147 Å². The lowest BCUT2D eigenvalue weighted by Crippen LogP contribution is -2.15. The Morgan fingerprint density at radius 2 is 1.96 bits per heavy atom.